The molecule has 3 aromatic rings. The lowest BCUT2D eigenvalue weighted by molar-refractivity contribution is -0.120. The third kappa shape index (κ3) is 3.66. The van der Waals surface area contributed by atoms with E-state index in [0.717, 1.165) is 16.0 Å². The first-order valence-corrected chi connectivity index (χ1v) is 11.0. The number of rotatable bonds is 6. The molecule has 1 aliphatic heterocycles. The highest BCUT2D eigenvalue weighted by Gasteiger charge is 2.43. The highest BCUT2D eigenvalue weighted by atomic mass is 35.5. The molecular formula is C24H21ClN2O2S. The van der Waals surface area contributed by atoms with E-state index in [2.05, 4.69) is 0 Å². The number of aryl methyl sites for hydroxylation is 1. The van der Waals surface area contributed by atoms with Crippen molar-refractivity contribution in [3.05, 3.63) is 92.8 Å². The molecule has 0 saturated carbocycles. The molecule has 2 amide bonds. The van der Waals surface area contributed by atoms with Crippen molar-refractivity contribution in [2.24, 2.45) is 0 Å². The molecule has 2 aromatic carbocycles. The summed E-state index contributed by atoms with van der Waals surface area (Å²) in [5.41, 5.74) is 3.33. The van der Waals surface area contributed by atoms with Crippen LogP contribution in [0.5, 0.6) is 0 Å². The van der Waals surface area contributed by atoms with Gasteiger partial charge in [0.05, 0.1) is 11.3 Å². The Morgan fingerprint density at radius 3 is 2.40 bits per heavy atom. The molecule has 6 heteroatoms. The van der Waals surface area contributed by atoms with Gasteiger partial charge in [0, 0.05) is 23.0 Å². The average Bonchev–Trinajstić information content (AvgIpc) is 3.34. The molecule has 0 radical (unpaired) electrons. The van der Waals surface area contributed by atoms with E-state index in [0.29, 0.717) is 35.1 Å². The molecule has 1 aliphatic rings. The SMILES string of the molecule is CCN(Cc1ccccc1)C1=C(c2cccs2)C(=O)N(c2ccc(Cl)cc2C)C1=O. The summed E-state index contributed by atoms with van der Waals surface area (Å²) in [7, 11) is 0. The van der Waals surface area contributed by atoms with Gasteiger partial charge < -0.3 is 4.90 Å². The standard InChI is InChI=1S/C24H21ClN2O2S/c1-3-26(15-17-8-5-4-6-9-17)22-21(20-10-7-13-30-20)23(28)27(24(22)29)19-12-11-18(25)14-16(19)2/h4-14H,3,15H2,1-2H3. The van der Waals surface area contributed by atoms with Crippen LogP contribution in [-0.2, 0) is 16.1 Å². The molecule has 0 spiro atoms. The number of hydrogen-bond donors (Lipinski definition) is 0. The molecule has 30 heavy (non-hydrogen) atoms. The maximum absolute atomic E-state index is 13.6. The number of amides is 2. The van der Waals surface area contributed by atoms with Gasteiger partial charge in [0.25, 0.3) is 11.8 Å². The van der Waals surface area contributed by atoms with Gasteiger partial charge in [0.1, 0.15) is 5.70 Å². The van der Waals surface area contributed by atoms with Crippen molar-refractivity contribution in [3.63, 3.8) is 0 Å². The lowest BCUT2D eigenvalue weighted by Gasteiger charge is -2.25. The van der Waals surface area contributed by atoms with Crippen molar-refractivity contribution in [2.45, 2.75) is 20.4 Å². The zero-order chi connectivity index (χ0) is 21.3. The van der Waals surface area contributed by atoms with Gasteiger partial charge in [-0.25, -0.2) is 4.90 Å². The molecule has 0 aliphatic carbocycles. The summed E-state index contributed by atoms with van der Waals surface area (Å²) < 4.78 is 0. The first-order valence-electron chi connectivity index (χ1n) is 9.73. The van der Waals surface area contributed by atoms with Crippen LogP contribution in [0.4, 0.5) is 5.69 Å². The maximum atomic E-state index is 13.6. The van der Waals surface area contributed by atoms with Crippen LogP contribution < -0.4 is 4.90 Å². The lowest BCUT2D eigenvalue weighted by atomic mass is 10.1. The minimum atomic E-state index is -0.299. The van der Waals surface area contributed by atoms with Gasteiger partial charge in [-0.2, -0.15) is 0 Å². The first kappa shape index (κ1) is 20.4. The highest BCUT2D eigenvalue weighted by Crippen LogP contribution is 2.38. The Bertz CT molecular complexity index is 1120. The number of anilines is 1. The molecule has 1 aromatic heterocycles. The second kappa shape index (κ2) is 8.46. The number of halogens is 1. The minimum Gasteiger partial charge on any atom is -0.362 e. The summed E-state index contributed by atoms with van der Waals surface area (Å²) in [4.78, 5) is 31.2. The zero-order valence-electron chi connectivity index (χ0n) is 16.8. The third-order valence-corrected chi connectivity index (χ3v) is 6.26. The number of carbonyl (C=O) groups is 2. The van der Waals surface area contributed by atoms with Crippen LogP contribution in [0, 0.1) is 6.92 Å². The summed E-state index contributed by atoms with van der Waals surface area (Å²) in [6.45, 7) is 5.00. The van der Waals surface area contributed by atoms with Gasteiger partial charge in [-0.1, -0.05) is 48.0 Å². The van der Waals surface area contributed by atoms with Crippen molar-refractivity contribution in [2.75, 3.05) is 11.4 Å². The van der Waals surface area contributed by atoms with Crippen molar-refractivity contribution in [3.8, 4) is 0 Å². The number of likely N-dealkylation sites (N-methyl/N-ethyl adjacent to an activating group) is 1. The fourth-order valence-corrected chi connectivity index (χ4v) is 4.69. The molecule has 0 saturated heterocycles. The minimum absolute atomic E-state index is 0.297. The van der Waals surface area contributed by atoms with E-state index in [1.165, 1.54) is 16.2 Å². The summed E-state index contributed by atoms with van der Waals surface area (Å²) in [5.74, 6) is -0.596. The Hall–Kier alpha value is -2.89. The Balaban J connectivity index is 1.81. The van der Waals surface area contributed by atoms with E-state index in [1.54, 1.807) is 18.2 Å². The highest BCUT2D eigenvalue weighted by molar-refractivity contribution is 7.11. The molecule has 0 unspecified atom stereocenters. The number of imide groups is 1. The lowest BCUT2D eigenvalue weighted by Crippen LogP contribution is -2.35. The predicted octanol–water partition coefficient (Wildman–Crippen LogP) is 5.52. The molecule has 4 nitrogen and oxygen atoms in total. The van der Waals surface area contributed by atoms with Crippen LogP contribution in [0.2, 0.25) is 5.02 Å². The van der Waals surface area contributed by atoms with E-state index in [-0.39, 0.29) is 11.8 Å². The van der Waals surface area contributed by atoms with E-state index in [1.807, 2.05) is 66.6 Å². The fourth-order valence-electron chi connectivity index (χ4n) is 3.70. The average molecular weight is 437 g/mol. The third-order valence-electron chi connectivity index (χ3n) is 5.14. The van der Waals surface area contributed by atoms with Crippen molar-refractivity contribution >= 4 is 46.0 Å². The molecular weight excluding hydrogens is 416 g/mol. The number of thiophene rings is 1. The van der Waals surface area contributed by atoms with E-state index in [4.69, 9.17) is 11.6 Å². The topological polar surface area (TPSA) is 40.6 Å². The Labute approximate surface area is 185 Å². The van der Waals surface area contributed by atoms with Gasteiger partial charge in [-0.05, 0) is 54.6 Å². The second-order valence-corrected chi connectivity index (χ2v) is 8.46. The summed E-state index contributed by atoms with van der Waals surface area (Å²) in [6, 6.07) is 18.9. The summed E-state index contributed by atoms with van der Waals surface area (Å²) in [5, 5.41) is 2.49. The Morgan fingerprint density at radius 2 is 1.77 bits per heavy atom. The molecule has 4 rings (SSSR count). The number of nitrogens with zero attached hydrogens (tertiary/aromatic N) is 2. The summed E-state index contributed by atoms with van der Waals surface area (Å²) in [6.07, 6.45) is 0. The van der Waals surface area contributed by atoms with Gasteiger partial charge in [-0.15, -0.1) is 11.3 Å². The molecule has 0 atom stereocenters. The predicted molar refractivity (Wildman–Crippen MR) is 122 cm³/mol. The number of carbonyl (C=O) groups excluding carboxylic acids is 2. The molecule has 152 valence electrons. The van der Waals surface area contributed by atoms with Crippen LogP contribution in [0.25, 0.3) is 5.57 Å². The fraction of sp³-hybridized carbons (Fsp3) is 0.167. The van der Waals surface area contributed by atoms with Crippen LogP contribution in [0.15, 0.2) is 71.7 Å². The maximum Gasteiger partial charge on any atom is 0.282 e. The Morgan fingerprint density at radius 1 is 1.00 bits per heavy atom. The van der Waals surface area contributed by atoms with Crippen molar-refractivity contribution < 1.29 is 9.59 Å². The van der Waals surface area contributed by atoms with Gasteiger partial charge in [0.2, 0.25) is 0 Å². The van der Waals surface area contributed by atoms with Gasteiger partial charge >= 0.3 is 0 Å². The largest absolute Gasteiger partial charge is 0.362 e. The first-order chi connectivity index (χ1) is 14.5. The van der Waals surface area contributed by atoms with E-state index in [9.17, 15) is 9.59 Å². The smallest absolute Gasteiger partial charge is 0.282 e. The van der Waals surface area contributed by atoms with E-state index < -0.39 is 0 Å². The van der Waals surface area contributed by atoms with Crippen LogP contribution in [-0.4, -0.2) is 23.3 Å². The monoisotopic (exact) mass is 436 g/mol. The molecule has 2 heterocycles. The van der Waals surface area contributed by atoms with Gasteiger partial charge in [0.15, 0.2) is 0 Å². The molecule has 0 fully saturated rings. The molecule has 0 N–H and O–H groups in total. The van der Waals surface area contributed by atoms with E-state index >= 15 is 0 Å². The molecule has 0 bridgehead atoms. The number of benzene rings is 2. The Kier molecular flexibility index (Phi) is 5.75. The zero-order valence-corrected chi connectivity index (χ0v) is 18.3. The van der Waals surface area contributed by atoms with Crippen LogP contribution in [0.1, 0.15) is 22.9 Å². The van der Waals surface area contributed by atoms with Gasteiger partial charge in [-0.3, -0.25) is 9.59 Å². The van der Waals surface area contributed by atoms with Crippen molar-refractivity contribution in [1.29, 1.82) is 0 Å². The van der Waals surface area contributed by atoms with Crippen LogP contribution >= 0.6 is 22.9 Å². The normalized spacial score (nSPS) is 14.0. The van der Waals surface area contributed by atoms with Crippen molar-refractivity contribution in [1.82, 2.24) is 4.90 Å². The second-order valence-electron chi connectivity index (χ2n) is 7.08. The summed E-state index contributed by atoms with van der Waals surface area (Å²) >= 11 is 7.56. The van der Waals surface area contributed by atoms with Crippen LogP contribution in [0.3, 0.4) is 0 Å². The number of hydrogen-bond acceptors (Lipinski definition) is 4. The quantitative estimate of drug-likeness (QED) is 0.478.